The molecule has 0 aromatic heterocycles. The van der Waals surface area contributed by atoms with Crippen molar-refractivity contribution in [2.24, 2.45) is 5.92 Å². The standard InChI is InChI=1S/C20H30N2O4S/c1-15-9-11-17(12-10-15)27(25,26)22-13-5-6-16(14-22)20(24)21(2)18-7-3-4-8-19(18)23/h9-12,16,18-19,23H,3-8,13-14H2,1-2H3/t16-,18-,19-/m1/s1. The molecule has 0 radical (unpaired) electrons. The molecule has 6 nitrogen and oxygen atoms in total. The molecular weight excluding hydrogens is 364 g/mol. The van der Waals surface area contributed by atoms with Gasteiger partial charge in [0, 0.05) is 20.1 Å². The molecule has 1 saturated heterocycles. The van der Waals surface area contributed by atoms with Crippen LogP contribution in [0.25, 0.3) is 0 Å². The minimum Gasteiger partial charge on any atom is -0.391 e. The summed E-state index contributed by atoms with van der Waals surface area (Å²) < 4.78 is 27.3. The van der Waals surface area contributed by atoms with E-state index in [0.29, 0.717) is 19.4 Å². The first kappa shape index (κ1) is 20.3. The van der Waals surface area contributed by atoms with E-state index in [-0.39, 0.29) is 29.3 Å². The molecule has 1 heterocycles. The number of hydrogen-bond donors (Lipinski definition) is 1. The van der Waals surface area contributed by atoms with E-state index in [4.69, 9.17) is 0 Å². The monoisotopic (exact) mass is 394 g/mol. The fourth-order valence-corrected chi connectivity index (χ4v) is 5.74. The molecule has 3 rings (SSSR count). The van der Waals surface area contributed by atoms with Crippen molar-refractivity contribution in [1.82, 2.24) is 9.21 Å². The molecule has 1 saturated carbocycles. The SMILES string of the molecule is Cc1ccc(S(=O)(=O)N2CCC[C@@H](C(=O)N(C)[C@@H]3CCCC[C@H]3O)C2)cc1. The number of aliphatic hydroxyl groups is 1. The quantitative estimate of drug-likeness (QED) is 0.849. The Morgan fingerprint density at radius 1 is 1.11 bits per heavy atom. The number of nitrogens with zero attached hydrogens (tertiary/aromatic N) is 2. The van der Waals surface area contributed by atoms with Crippen molar-refractivity contribution in [3.8, 4) is 0 Å². The predicted octanol–water partition coefficient (Wildman–Crippen LogP) is 2.16. The summed E-state index contributed by atoms with van der Waals surface area (Å²) in [6.07, 6.45) is 4.41. The molecule has 1 aliphatic carbocycles. The van der Waals surface area contributed by atoms with Crippen molar-refractivity contribution in [2.75, 3.05) is 20.1 Å². The molecule has 7 heteroatoms. The van der Waals surface area contributed by atoms with Crippen LogP contribution < -0.4 is 0 Å². The number of carbonyl (C=O) groups excluding carboxylic acids is 1. The highest BCUT2D eigenvalue weighted by Crippen LogP contribution is 2.28. The second-order valence-corrected chi connectivity index (χ2v) is 9.82. The van der Waals surface area contributed by atoms with E-state index in [1.54, 1.807) is 36.2 Å². The van der Waals surface area contributed by atoms with Gasteiger partial charge in [-0.05, 0) is 44.7 Å². The molecule has 1 aromatic rings. The van der Waals surface area contributed by atoms with Gasteiger partial charge >= 0.3 is 0 Å². The van der Waals surface area contributed by atoms with Gasteiger partial charge in [-0.15, -0.1) is 0 Å². The lowest BCUT2D eigenvalue weighted by Gasteiger charge is -2.39. The summed E-state index contributed by atoms with van der Waals surface area (Å²) in [5.41, 5.74) is 1.01. The maximum atomic E-state index is 13.0. The van der Waals surface area contributed by atoms with Crippen LogP contribution >= 0.6 is 0 Å². The van der Waals surface area contributed by atoms with Gasteiger partial charge in [0.05, 0.1) is 23.0 Å². The Balaban J connectivity index is 1.71. The minimum absolute atomic E-state index is 0.0512. The highest BCUT2D eigenvalue weighted by molar-refractivity contribution is 7.89. The van der Waals surface area contributed by atoms with E-state index in [1.165, 1.54) is 4.31 Å². The van der Waals surface area contributed by atoms with Crippen LogP contribution in [0.15, 0.2) is 29.2 Å². The Bertz CT molecular complexity index is 763. The molecule has 2 aliphatic rings. The molecule has 0 bridgehead atoms. The minimum atomic E-state index is -3.59. The zero-order valence-corrected chi connectivity index (χ0v) is 17.0. The Kier molecular flexibility index (Phi) is 6.23. The van der Waals surface area contributed by atoms with E-state index in [9.17, 15) is 18.3 Å². The molecule has 150 valence electrons. The summed E-state index contributed by atoms with van der Waals surface area (Å²) in [4.78, 5) is 14.9. The van der Waals surface area contributed by atoms with Gasteiger partial charge < -0.3 is 10.0 Å². The molecule has 1 amide bonds. The summed E-state index contributed by atoms with van der Waals surface area (Å²) in [5.74, 6) is -0.400. The molecule has 1 aliphatic heterocycles. The molecule has 0 unspecified atom stereocenters. The van der Waals surface area contributed by atoms with Crippen LogP contribution in [0.4, 0.5) is 0 Å². The van der Waals surface area contributed by atoms with Crippen LogP contribution in [0.3, 0.4) is 0 Å². The van der Waals surface area contributed by atoms with E-state index in [0.717, 1.165) is 31.2 Å². The second kappa shape index (κ2) is 8.29. The van der Waals surface area contributed by atoms with Crippen LogP contribution in [0.5, 0.6) is 0 Å². The fourth-order valence-electron chi connectivity index (χ4n) is 4.22. The Morgan fingerprint density at radius 3 is 2.44 bits per heavy atom. The van der Waals surface area contributed by atoms with Gasteiger partial charge in [0.15, 0.2) is 0 Å². The molecule has 0 spiro atoms. The third kappa shape index (κ3) is 4.36. The summed E-state index contributed by atoms with van der Waals surface area (Å²) >= 11 is 0. The third-order valence-electron chi connectivity index (χ3n) is 5.93. The first-order valence-electron chi connectivity index (χ1n) is 9.82. The summed E-state index contributed by atoms with van der Waals surface area (Å²) in [6.45, 7) is 2.57. The van der Waals surface area contributed by atoms with Gasteiger partial charge in [-0.3, -0.25) is 4.79 Å². The molecule has 3 atom stereocenters. The maximum Gasteiger partial charge on any atom is 0.243 e. The zero-order valence-electron chi connectivity index (χ0n) is 16.2. The number of amides is 1. The number of aliphatic hydroxyl groups excluding tert-OH is 1. The van der Waals surface area contributed by atoms with Crippen molar-refractivity contribution in [3.63, 3.8) is 0 Å². The number of sulfonamides is 1. The predicted molar refractivity (Wildman–Crippen MR) is 104 cm³/mol. The topological polar surface area (TPSA) is 77.9 Å². The van der Waals surface area contributed by atoms with Crippen LogP contribution in [0.2, 0.25) is 0 Å². The number of hydrogen-bond acceptors (Lipinski definition) is 4. The summed E-state index contributed by atoms with van der Waals surface area (Å²) in [7, 11) is -1.85. The van der Waals surface area contributed by atoms with Gasteiger partial charge in [-0.2, -0.15) is 4.31 Å². The number of piperidine rings is 1. The lowest BCUT2D eigenvalue weighted by Crippen LogP contribution is -2.51. The van der Waals surface area contributed by atoms with Gasteiger partial charge in [-0.1, -0.05) is 30.5 Å². The number of carbonyl (C=O) groups is 1. The van der Waals surface area contributed by atoms with Crippen LogP contribution in [-0.4, -0.2) is 60.9 Å². The van der Waals surface area contributed by atoms with Gasteiger partial charge in [-0.25, -0.2) is 8.42 Å². The van der Waals surface area contributed by atoms with E-state index in [2.05, 4.69) is 0 Å². The van der Waals surface area contributed by atoms with E-state index >= 15 is 0 Å². The zero-order chi connectivity index (χ0) is 19.6. The summed E-state index contributed by atoms with van der Waals surface area (Å²) in [5, 5.41) is 10.2. The molecule has 2 fully saturated rings. The maximum absolute atomic E-state index is 13.0. The van der Waals surface area contributed by atoms with E-state index in [1.807, 2.05) is 6.92 Å². The lowest BCUT2D eigenvalue weighted by molar-refractivity contribution is -0.140. The van der Waals surface area contributed by atoms with Crippen molar-refractivity contribution < 1.29 is 18.3 Å². The highest BCUT2D eigenvalue weighted by Gasteiger charge is 2.37. The first-order chi connectivity index (χ1) is 12.8. The second-order valence-electron chi connectivity index (χ2n) is 7.88. The van der Waals surface area contributed by atoms with E-state index < -0.39 is 16.1 Å². The average molecular weight is 395 g/mol. The summed E-state index contributed by atoms with van der Waals surface area (Å²) in [6, 6.07) is 6.67. The van der Waals surface area contributed by atoms with Crippen molar-refractivity contribution in [3.05, 3.63) is 29.8 Å². The van der Waals surface area contributed by atoms with Crippen LogP contribution in [-0.2, 0) is 14.8 Å². The smallest absolute Gasteiger partial charge is 0.243 e. The number of benzene rings is 1. The highest BCUT2D eigenvalue weighted by atomic mass is 32.2. The average Bonchev–Trinajstić information content (AvgIpc) is 2.67. The van der Waals surface area contributed by atoms with Crippen molar-refractivity contribution in [2.45, 2.75) is 62.5 Å². The van der Waals surface area contributed by atoms with Gasteiger partial charge in [0.2, 0.25) is 15.9 Å². The number of rotatable bonds is 4. The fraction of sp³-hybridized carbons (Fsp3) is 0.650. The lowest BCUT2D eigenvalue weighted by atomic mass is 9.90. The van der Waals surface area contributed by atoms with Crippen molar-refractivity contribution in [1.29, 1.82) is 0 Å². The largest absolute Gasteiger partial charge is 0.391 e. The Morgan fingerprint density at radius 2 is 1.78 bits per heavy atom. The molecular formula is C20H30N2O4S. The molecule has 27 heavy (non-hydrogen) atoms. The van der Waals surface area contributed by atoms with Gasteiger partial charge in [0.1, 0.15) is 0 Å². The van der Waals surface area contributed by atoms with Crippen molar-refractivity contribution >= 4 is 15.9 Å². The number of likely N-dealkylation sites (N-methyl/N-ethyl adjacent to an activating group) is 1. The Hall–Kier alpha value is -1.44. The number of aryl methyl sites for hydroxylation is 1. The van der Waals surface area contributed by atoms with Crippen LogP contribution in [0, 0.1) is 12.8 Å². The first-order valence-corrected chi connectivity index (χ1v) is 11.3. The third-order valence-corrected chi connectivity index (χ3v) is 7.81. The Labute approximate surface area is 162 Å². The van der Waals surface area contributed by atoms with Crippen LogP contribution in [0.1, 0.15) is 44.1 Å². The molecule has 1 N–H and O–H groups in total. The molecule has 1 aromatic carbocycles. The van der Waals surface area contributed by atoms with Gasteiger partial charge in [0.25, 0.3) is 0 Å². The normalized spacial score (nSPS) is 27.3.